The summed E-state index contributed by atoms with van der Waals surface area (Å²) in [7, 11) is 0. The summed E-state index contributed by atoms with van der Waals surface area (Å²) in [5.41, 5.74) is 3.07. The summed E-state index contributed by atoms with van der Waals surface area (Å²) in [6, 6.07) is 0. The molecular weight excluding hydrogens is 282 g/mol. The average Bonchev–Trinajstić information content (AvgIpc) is 2.42. The molecule has 0 unspecified atom stereocenters. The van der Waals surface area contributed by atoms with Gasteiger partial charge in [0.05, 0.1) is 0 Å². The molecule has 1 heterocycles. The van der Waals surface area contributed by atoms with Gasteiger partial charge in [0, 0.05) is 24.4 Å². The van der Waals surface area contributed by atoms with Crippen molar-refractivity contribution in [2.75, 3.05) is 12.8 Å². The minimum atomic E-state index is 0.117. The van der Waals surface area contributed by atoms with Gasteiger partial charge in [-0.05, 0) is 50.8 Å². The highest BCUT2D eigenvalue weighted by Gasteiger charge is 2.10. The van der Waals surface area contributed by atoms with Gasteiger partial charge >= 0.3 is 0 Å². The second kappa shape index (κ2) is 9.03. The van der Waals surface area contributed by atoms with E-state index in [1.807, 2.05) is 20.1 Å². The van der Waals surface area contributed by atoms with Gasteiger partial charge in [0.15, 0.2) is 5.16 Å². The highest BCUT2D eigenvalue weighted by Crippen LogP contribution is 2.17. The fourth-order valence-electron chi connectivity index (χ4n) is 2.23. The normalized spacial score (nSPS) is 11.0. The maximum Gasteiger partial charge on any atom is 0.220 e. The summed E-state index contributed by atoms with van der Waals surface area (Å²) in [6.07, 6.45) is 5.39. The Labute approximate surface area is 132 Å². The van der Waals surface area contributed by atoms with Crippen molar-refractivity contribution in [1.82, 2.24) is 15.3 Å². The van der Waals surface area contributed by atoms with Crippen molar-refractivity contribution in [3.63, 3.8) is 0 Å². The largest absolute Gasteiger partial charge is 0.356 e. The van der Waals surface area contributed by atoms with Crippen LogP contribution in [0.5, 0.6) is 0 Å². The number of hydrogen-bond acceptors (Lipinski definition) is 4. The molecule has 5 heteroatoms. The molecule has 0 bridgehead atoms. The third-order valence-corrected chi connectivity index (χ3v) is 4.01. The molecule has 0 aliphatic rings. The summed E-state index contributed by atoms with van der Waals surface area (Å²) in [6.45, 7) is 9.16. The molecule has 1 rings (SSSR count). The Kier molecular flexibility index (Phi) is 7.72. The van der Waals surface area contributed by atoms with Crippen molar-refractivity contribution < 1.29 is 4.79 Å². The topological polar surface area (TPSA) is 54.9 Å². The number of nitrogens with one attached hydrogen (secondary N) is 1. The van der Waals surface area contributed by atoms with Gasteiger partial charge in [-0.3, -0.25) is 4.79 Å². The molecule has 0 spiro atoms. The van der Waals surface area contributed by atoms with Crippen LogP contribution in [-0.4, -0.2) is 28.7 Å². The molecular formula is C16H27N3OS. The van der Waals surface area contributed by atoms with Crippen LogP contribution in [0.3, 0.4) is 0 Å². The van der Waals surface area contributed by atoms with Gasteiger partial charge in [-0.25, -0.2) is 9.97 Å². The molecule has 21 heavy (non-hydrogen) atoms. The molecule has 0 aromatic carbocycles. The summed E-state index contributed by atoms with van der Waals surface area (Å²) in [4.78, 5) is 20.7. The fraction of sp³-hybridized carbons (Fsp3) is 0.688. The monoisotopic (exact) mass is 309 g/mol. The first-order chi connectivity index (χ1) is 9.93. The number of aryl methyl sites for hydroxylation is 2. The molecule has 0 aliphatic heterocycles. The number of amides is 1. The van der Waals surface area contributed by atoms with Crippen LogP contribution in [0.2, 0.25) is 0 Å². The fourth-order valence-corrected chi connectivity index (χ4v) is 2.68. The van der Waals surface area contributed by atoms with Gasteiger partial charge < -0.3 is 5.32 Å². The zero-order valence-electron chi connectivity index (χ0n) is 13.8. The standard InChI is InChI=1S/C16H27N3OS/c1-11(2)7-6-10-17-15(20)9-8-14-12(3)18-16(21-5)19-13(14)4/h11H,6-10H2,1-5H3,(H,17,20). The SMILES string of the molecule is CSc1nc(C)c(CCC(=O)NCCCC(C)C)c(C)n1. The van der Waals surface area contributed by atoms with Crippen LogP contribution in [-0.2, 0) is 11.2 Å². The van der Waals surface area contributed by atoms with Crippen molar-refractivity contribution in [1.29, 1.82) is 0 Å². The third-order valence-electron chi connectivity index (χ3n) is 3.47. The number of nitrogens with zero attached hydrogens (tertiary/aromatic N) is 2. The van der Waals surface area contributed by atoms with E-state index < -0.39 is 0 Å². The summed E-state index contributed by atoms with van der Waals surface area (Å²) >= 11 is 1.54. The molecule has 1 aromatic heterocycles. The van der Waals surface area contributed by atoms with Crippen LogP contribution in [0, 0.1) is 19.8 Å². The lowest BCUT2D eigenvalue weighted by atomic mass is 10.1. The molecule has 0 aliphatic carbocycles. The van der Waals surface area contributed by atoms with Crippen LogP contribution in [0.15, 0.2) is 5.16 Å². The molecule has 1 amide bonds. The second-order valence-corrected chi connectivity index (χ2v) is 6.52. The van der Waals surface area contributed by atoms with Crippen LogP contribution in [0.25, 0.3) is 0 Å². The van der Waals surface area contributed by atoms with Gasteiger partial charge in [0.2, 0.25) is 5.91 Å². The van der Waals surface area contributed by atoms with Gasteiger partial charge in [-0.15, -0.1) is 0 Å². The Morgan fingerprint density at radius 2 is 1.86 bits per heavy atom. The van der Waals surface area contributed by atoms with E-state index in [1.165, 1.54) is 0 Å². The Morgan fingerprint density at radius 3 is 2.38 bits per heavy atom. The van der Waals surface area contributed by atoms with Crippen LogP contribution in [0.1, 0.15) is 50.1 Å². The lowest BCUT2D eigenvalue weighted by molar-refractivity contribution is -0.121. The third kappa shape index (κ3) is 6.46. The molecule has 1 N–H and O–H groups in total. The van der Waals surface area contributed by atoms with Gasteiger partial charge in [-0.1, -0.05) is 25.6 Å². The number of thioether (sulfide) groups is 1. The lowest BCUT2D eigenvalue weighted by Gasteiger charge is -2.10. The quantitative estimate of drug-likeness (QED) is 0.455. The van der Waals surface area contributed by atoms with E-state index >= 15 is 0 Å². The van der Waals surface area contributed by atoms with Crippen molar-refractivity contribution in [3.8, 4) is 0 Å². The number of carbonyl (C=O) groups is 1. The van der Waals surface area contributed by atoms with Crippen LogP contribution >= 0.6 is 11.8 Å². The van der Waals surface area contributed by atoms with E-state index in [9.17, 15) is 4.79 Å². The van der Waals surface area contributed by atoms with E-state index in [2.05, 4.69) is 29.1 Å². The summed E-state index contributed by atoms with van der Waals surface area (Å²) in [5.74, 6) is 0.811. The molecule has 0 radical (unpaired) electrons. The van der Waals surface area contributed by atoms with Crippen molar-refractivity contribution in [3.05, 3.63) is 17.0 Å². The minimum Gasteiger partial charge on any atom is -0.356 e. The maximum atomic E-state index is 11.9. The van der Waals surface area contributed by atoms with Crippen molar-refractivity contribution in [2.24, 2.45) is 5.92 Å². The zero-order chi connectivity index (χ0) is 15.8. The minimum absolute atomic E-state index is 0.117. The average molecular weight is 309 g/mol. The van der Waals surface area contributed by atoms with Crippen LogP contribution < -0.4 is 5.32 Å². The van der Waals surface area contributed by atoms with Gasteiger partial charge in [0.1, 0.15) is 0 Å². The zero-order valence-corrected chi connectivity index (χ0v) is 14.6. The van der Waals surface area contributed by atoms with E-state index in [0.29, 0.717) is 18.8 Å². The number of hydrogen-bond donors (Lipinski definition) is 1. The first-order valence-electron chi connectivity index (χ1n) is 7.58. The van der Waals surface area contributed by atoms with Crippen LogP contribution in [0.4, 0.5) is 0 Å². The first kappa shape index (κ1) is 18.0. The van der Waals surface area contributed by atoms with E-state index in [4.69, 9.17) is 0 Å². The lowest BCUT2D eigenvalue weighted by Crippen LogP contribution is -2.25. The highest BCUT2D eigenvalue weighted by atomic mass is 32.2. The molecule has 0 saturated heterocycles. The number of aromatic nitrogens is 2. The predicted octanol–water partition coefficient (Wildman–Crippen LogP) is 3.30. The number of carbonyl (C=O) groups excluding carboxylic acids is 1. The Hall–Kier alpha value is -1.10. The molecule has 118 valence electrons. The van der Waals surface area contributed by atoms with E-state index in [0.717, 1.165) is 41.5 Å². The Morgan fingerprint density at radius 1 is 1.24 bits per heavy atom. The summed E-state index contributed by atoms with van der Waals surface area (Å²) in [5, 5.41) is 3.78. The smallest absolute Gasteiger partial charge is 0.220 e. The number of rotatable bonds is 8. The summed E-state index contributed by atoms with van der Waals surface area (Å²) < 4.78 is 0. The Balaban J connectivity index is 2.43. The molecule has 0 atom stereocenters. The van der Waals surface area contributed by atoms with Gasteiger partial charge in [-0.2, -0.15) is 0 Å². The second-order valence-electron chi connectivity index (χ2n) is 5.75. The highest BCUT2D eigenvalue weighted by molar-refractivity contribution is 7.98. The maximum absolute atomic E-state index is 11.9. The van der Waals surface area contributed by atoms with Gasteiger partial charge in [0.25, 0.3) is 0 Å². The predicted molar refractivity (Wildman–Crippen MR) is 88.7 cm³/mol. The molecule has 4 nitrogen and oxygen atoms in total. The first-order valence-corrected chi connectivity index (χ1v) is 8.81. The molecule has 1 aromatic rings. The van der Waals surface area contributed by atoms with Crippen molar-refractivity contribution >= 4 is 17.7 Å². The molecule has 0 saturated carbocycles. The van der Waals surface area contributed by atoms with Crippen molar-refractivity contribution in [2.45, 2.75) is 58.5 Å². The molecule has 0 fully saturated rings. The Bertz CT molecular complexity index is 452. The van der Waals surface area contributed by atoms with E-state index in [1.54, 1.807) is 11.8 Å². The van der Waals surface area contributed by atoms with E-state index in [-0.39, 0.29) is 5.91 Å².